The molecule has 11 heteroatoms. The Balaban J connectivity index is 1.50. The molecule has 0 aliphatic carbocycles. The minimum Gasteiger partial charge on any atom is -0.481 e. The standard InChI is InChI=1S/C25H25FN6O4/c1-15-3-2-4-21(30-15)24-19(13-28-31-24)16-5-6-20(26)18(11-16)17-12-29-32(14-17)10-9-27-22(25(35)36)7-8-23(33)34/h2-6,11-14,22,27H,7-10H2,1H3,(H,28,31)(H,33,34)(H,35,36)/t22-/m0/s1. The third-order valence-corrected chi connectivity index (χ3v) is 5.67. The first-order valence-corrected chi connectivity index (χ1v) is 11.3. The maximum absolute atomic E-state index is 14.8. The van der Waals surface area contributed by atoms with Gasteiger partial charge in [-0.25, -0.2) is 4.39 Å². The van der Waals surface area contributed by atoms with Crippen molar-refractivity contribution in [2.75, 3.05) is 6.54 Å². The molecule has 10 nitrogen and oxygen atoms in total. The molecule has 0 saturated heterocycles. The smallest absolute Gasteiger partial charge is 0.320 e. The Hall–Kier alpha value is -4.38. The Morgan fingerprint density at radius 3 is 2.75 bits per heavy atom. The van der Waals surface area contributed by atoms with Crippen LogP contribution < -0.4 is 5.32 Å². The highest BCUT2D eigenvalue weighted by molar-refractivity contribution is 5.81. The summed E-state index contributed by atoms with van der Waals surface area (Å²) in [5, 5.41) is 32.3. The van der Waals surface area contributed by atoms with E-state index in [9.17, 15) is 19.1 Å². The van der Waals surface area contributed by atoms with Crippen molar-refractivity contribution in [1.29, 1.82) is 0 Å². The maximum Gasteiger partial charge on any atom is 0.320 e. The van der Waals surface area contributed by atoms with E-state index in [-0.39, 0.29) is 19.4 Å². The van der Waals surface area contributed by atoms with Gasteiger partial charge in [0.15, 0.2) is 0 Å². The topological polar surface area (TPSA) is 146 Å². The molecule has 186 valence electrons. The van der Waals surface area contributed by atoms with Gasteiger partial charge >= 0.3 is 11.9 Å². The molecule has 1 aromatic carbocycles. The van der Waals surface area contributed by atoms with E-state index in [2.05, 4.69) is 25.6 Å². The molecule has 0 fully saturated rings. The third kappa shape index (κ3) is 5.81. The van der Waals surface area contributed by atoms with Crippen molar-refractivity contribution in [2.45, 2.75) is 32.4 Å². The molecule has 4 aromatic rings. The molecule has 3 heterocycles. The summed E-state index contributed by atoms with van der Waals surface area (Å²) in [6.45, 7) is 2.47. The molecule has 0 amide bonds. The number of nitrogens with zero attached hydrogens (tertiary/aromatic N) is 4. The van der Waals surface area contributed by atoms with Gasteiger partial charge < -0.3 is 15.5 Å². The predicted octanol–water partition coefficient (Wildman–Crippen LogP) is 3.36. The second-order valence-corrected chi connectivity index (χ2v) is 8.28. The van der Waals surface area contributed by atoms with E-state index in [4.69, 9.17) is 5.11 Å². The number of carboxylic acids is 2. The van der Waals surface area contributed by atoms with Crippen molar-refractivity contribution in [3.8, 4) is 33.6 Å². The van der Waals surface area contributed by atoms with E-state index in [1.54, 1.807) is 35.4 Å². The van der Waals surface area contributed by atoms with E-state index < -0.39 is 23.8 Å². The van der Waals surface area contributed by atoms with E-state index in [1.165, 1.54) is 6.07 Å². The Morgan fingerprint density at radius 1 is 1.17 bits per heavy atom. The van der Waals surface area contributed by atoms with Crippen LogP contribution in [-0.2, 0) is 16.1 Å². The van der Waals surface area contributed by atoms with Gasteiger partial charge in [0.1, 0.15) is 17.6 Å². The van der Waals surface area contributed by atoms with Crippen LogP contribution in [0, 0.1) is 12.7 Å². The zero-order chi connectivity index (χ0) is 25.7. The fourth-order valence-corrected chi connectivity index (χ4v) is 3.85. The first-order valence-electron chi connectivity index (χ1n) is 11.3. The van der Waals surface area contributed by atoms with Crippen molar-refractivity contribution < 1.29 is 24.2 Å². The van der Waals surface area contributed by atoms with Crippen molar-refractivity contribution in [2.24, 2.45) is 0 Å². The lowest BCUT2D eigenvalue weighted by atomic mass is 9.99. The SMILES string of the molecule is Cc1cccc(-c2n[nH]cc2-c2ccc(F)c(-c3cnn(CCN[C@@H](CCC(=O)O)C(=O)O)c3)c2)n1. The molecular formula is C25H25FN6O4. The molecule has 0 unspecified atom stereocenters. The average Bonchev–Trinajstić information content (AvgIpc) is 3.51. The number of aromatic amines is 1. The van der Waals surface area contributed by atoms with E-state index in [0.29, 0.717) is 29.1 Å². The number of H-pyrrole nitrogens is 1. The fraction of sp³-hybridized carbons (Fsp3) is 0.240. The fourth-order valence-electron chi connectivity index (χ4n) is 3.85. The number of halogens is 1. The lowest BCUT2D eigenvalue weighted by Crippen LogP contribution is -2.38. The van der Waals surface area contributed by atoms with Crippen LogP contribution in [-0.4, -0.2) is 59.7 Å². The Morgan fingerprint density at radius 2 is 2.00 bits per heavy atom. The van der Waals surface area contributed by atoms with Gasteiger partial charge in [0, 0.05) is 47.7 Å². The van der Waals surface area contributed by atoms with Gasteiger partial charge in [-0.05, 0) is 43.2 Å². The first-order chi connectivity index (χ1) is 17.3. The highest BCUT2D eigenvalue weighted by Crippen LogP contribution is 2.33. The maximum atomic E-state index is 14.8. The Bertz CT molecular complexity index is 1380. The highest BCUT2D eigenvalue weighted by Gasteiger charge is 2.18. The number of pyridine rings is 1. The van der Waals surface area contributed by atoms with Gasteiger partial charge in [0.25, 0.3) is 0 Å². The largest absolute Gasteiger partial charge is 0.481 e. The van der Waals surface area contributed by atoms with Crippen molar-refractivity contribution >= 4 is 11.9 Å². The molecule has 3 aromatic heterocycles. The minimum atomic E-state index is -1.12. The zero-order valence-electron chi connectivity index (χ0n) is 19.5. The zero-order valence-corrected chi connectivity index (χ0v) is 19.5. The van der Waals surface area contributed by atoms with Crippen molar-refractivity contribution in [3.63, 3.8) is 0 Å². The minimum absolute atomic E-state index is 0.0267. The molecule has 0 saturated carbocycles. The molecule has 1 atom stereocenters. The number of nitrogens with one attached hydrogen (secondary N) is 2. The number of carbonyl (C=O) groups is 2. The predicted molar refractivity (Wildman–Crippen MR) is 129 cm³/mol. The number of benzene rings is 1. The number of hydrogen-bond donors (Lipinski definition) is 4. The summed E-state index contributed by atoms with van der Waals surface area (Å²) in [4.78, 5) is 26.6. The number of rotatable bonds is 11. The molecular weight excluding hydrogens is 467 g/mol. The van der Waals surface area contributed by atoms with Gasteiger partial charge in [-0.2, -0.15) is 10.2 Å². The van der Waals surface area contributed by atoms with Gasteiger partial charge in [-0.1, -0.05) is 12.1 Å². The molecule has 0 aliphatic heterocycles. The van der Waals surface area contributed by atoms with Gasteiger partial charge in [0.05, 0.1) is 18.4 Å². The van der Waals surface area contributed by atoms with E-state index >= 15 is 0 Å². The Kier molecular flexibility index (Phi) is 7.50. The second-order valence-electron chi connectivity index (χ2n) is 8.28. The monoisotopic (exact) mass is 492 g/mol. The number of hydrogen-bond acceptors (Lipinski definition) is 6. The lowest BCUT2D eigenvalue weighted by Gasteiger charge is -2.13. The summed E-state index contributed by atoms with van der Waals surface area (Å²) in [6.07, 6.45) is 4.69. The third-order valence-electron chi connectivity index (χ3n) is 5.67. The van der Waals surface area contributed by atoms with Gasteiger partial charge in [0.2, 0.25) is 0 Å². The van der Waals surface area contributed by atoms with E-state index in [1.807, 2.05) is 25.1 Å². The van der Waals surface area contributed by atoms with Crippen LogP contribution in [0.1, 0.15) is 18.5 Å². The number of aliphatic carboxylic acids is 2. The highest BCUT2D eigenvalue weighted by atomic mass is 19.1. The molecule has 4 N–H and O–H groups in total. The van der Waals surface area contributed by atoms with E-state index in [0.717, 1.165) is 16.8 Å². The molecule has 0 radical (unpaired) electrons. The number of aryl methyl sites for hydroxylation is 1. The first kappa shape index (κ1) is 24.7. The summed E-state index contributed by atoms with van der Waals surface area (Å²) in [5.41, 5.74) is 4.70. The van der Waals surface area contributed by atoms with Crippen LogP contribution in [0.15, 0.2) is 55.0 Å². The summed E-state index contributed by atoms with van der Waals surface area (Å²) < 4.78 is 16.4. The van der Waals surface area contributed by atoms with Gasteiger partial charge in [-0.15, -0.1) is 0 Å². The van der Waals surface area contributed by atoms with Crippen LogP contribution in [0.25, 0.3) is 33.6 Å². The molecule has 36 heavy (non-hydrogen) atoms. The van der Waals surface area contributed by atoms with Crippen molar-refractivity contribution in [3.05, 3.63) is 66.5 Å². The molecule has 0 bridgehead atoms. The van der Waals surface area contributed by atoms with Crippen LogP contribution in [0.4, 0.5) is 4.39 Å². The molecule has 0 aliphatic rings. The van der Waals surface area contributed by atoms with Crippen LogP contribution in [0.5, 0.6) is 0 Å². The summed E-state index contributed by atoms with van der Waals surface area (Å²) in [5.74, 6) is -2.58. The Labute approximate surface area is 205 Å². The second kappa shape index (κ2) is 10.9. The summed E-state index contributed by atoms with van der Waals surface area (Å²) in [6, 6.07) is 9.50. The number of carboxylic acid groups (broad SMARTS) is 2. The van der Waals surface area contributed by atoms with Crippen LogP contribution in [0.2, 0.25) is 0 Å². The summed E-state index contributed by atoms with van der Waals surface area (Å²) >= 11 is 0. The number of aromatic nitrogens is 5. The van der Waals surface area contributed by atoms with Gasteiger partial charge in [-0.3, -0.25) is 24.4 Å². The normalized spacial score (nSPS) is 11.9. The average molecular weight is 493 g/mol. The summed E-state index contributed by atoms with van der Waals surface area (Å²) in [7, 11) is 0. The molecule has 0 spiro atoms. The van der Waals surface area contributed by atoms with Crippen LogP contribution >= 0.6 is 0 Å². The van der Waals surface area contributed by atoms with Crippen molar-refractivity contribution in [1.82, 2.24) is 30.3 Å². The quantitative estimate of drug-likeness (QED) is 0.249. The molecule has 4 rings (SSSR count). The van der Waals surface area contributed by atoms with Crippen LogP contribution in [0.3, 0.4) is 0 Å². The lowest BCUT2D eigenvalue weighted by molar-refractivity contribution is -0.140.